The number of piperidine rings is 1. The van der Waals surface area contributed by atoms with Crippen LogP contribution in [0.4, 0.5) is 0 Å². The van der Waals surface area contributed by atoms with E-state index in [1.165, 1.54) is 5.56 Å². The van der Waals surface area contributed by atoms with Crippen LogP contribution < -0.4 is 10.1 Å². The van der Waals surface area contributed by atoms with E-state index < -0.39 is 0 Å². The minimum Gasteiger partial charge on any atom is -0.497 e. The van der Waals surface area contributed by atoms with Gasteiger partial charge >= 0.3 is 0 Å². The monoisotopic (exact) mass is 332 g/mol. The number of rotatable bonds is 6. The third-order valence-corrected chi connectivity index (χ3v) is 5.05. The van der Waals surface area contributed by atoms with Crippen LogP contribution in [0.2, 0.25) is 0 Å². The number of nitrogens with zero attached hydrogens (tertiary/aromatic N) is 1. The summed E-state index contributed by atoms with van der Waals surface area (Å²) in [7, 11) is 1.68. The van der Waals surface area contributed by atoms with Crippen LogP contribution in [0.5, 0.6) is 5.75 Å². The van der Waals surface area contributed by atoms with Gasteiger partial charge in [0.2, 0.25) is 5.91 Å². The molecule has 2 saturated heterocycles. The van der Waals surface area contributed by atoms with Gasteiger partial charge in [0.15, 0.2) is 0 Å². The van der Waals surface area contributed by atoms with Crippen molar-refractivity contribution in [1.29, 1.82) is 0 Å². The molecule has 1 amide bonds. The van der Waals surface area contributed by atoms with Crippen molar-refractivity contribution < 1.29 is 14.3 Å². The zero-order chi connectivity index (χ0) is 16.8. The second kappa shape index (κ2) is 8.49. The van der Waals surface area contributed by atoms with E-state index in [-0.39, 0.29) is 17.9 Å². The lowest BCUT2D eigenvalue weighted by atomic mass is 9.95. The Labute approximate surface area is 144 Å². The van der Waals surface area contributed by atoms with Gasteiger partial charge in [-0.3, -0.25) is 9.69 Å². The van der Waals surface area contributed by atoms with Gasteiger partial charge in [0, 0.05) is 25.6 Å². The highest BCUT2D eigenvalue weighted by molar-refractivity contribution is 5.78. The Hall–Kier alpha value is -1.59. The zero-order valence-electron chi connectivity index (χ0n) is 14.5. The number of amides is 1. The molecule has 0 aromatic heterocycles. The summed E-state index contributed by atoms with van der Waals surface area (Å²) in [5.74, 6) is 1.24. The predicted octanol–water partition coefficient (Wildman–Crippen LogP) is 2.20. The SMILES string of the molecule is COc1ccc(CN2CCC(C(=O)NC[C@@H]3CCCO3)CC2)cc1. The van der Waals surface area contributed by atoms with Crippen molar-refractivity contribution in [3.63, 3.8) is 0 Å². The van der Waals surface area contributed by atoms with Crippen molar-refractivity contribution in [3.8, 4) is 5.75 Å². The Morgan fingerprint density at radius 2 is 2.00 bits per heavy atom. The van der Waals surface area contributed by atoms with Gasteiger partial charge in [-0.25, -0.2) is 0 Å². The van der Waals surface area contributed by atoms with Gasteiger partial charge in [-0.1, -0.05) is 12.1 Å². The number of methoxy groups -OCH3 is 1. The normalized spacial score (nSPS) is 22.5. The summed E-state index contributed by atoms with van der Waals surface area (Å²) in [6, 6.07) is 8.22. The minimum absolute atomic E-state index is 0.151. The van der Waals surface area contributed by atoms with Crippen LogP contribution in [0, 0.1) is 5.92 Å². The highest BCUT2D eigenvalue weighted by Gasteiger charge is 2.26. The first-order valence-corrected chi connectivity index (χ1v) is 8.99. The van der Waals surface area contributed by atoms with Crippen LogP contribution in [0.25, 0.3) is 0 Å². The molecule has 1 atom stereocenters. The molecule has 5 heteroatoms. The van der Waals surface area contributed by atoms with E-state index in [2.05, 4.69) is 22.3 Å². The molecule has 5 nitrogen and oxygen atoms in total. The van der Waals surface area contributed by atoms with Gasteiger partial charge in [-0.15, -0.1) is 0 Å². The molecule has 1 aromatic rings. The molecule has 24 heavy (non-hydrogen) atoms. The molecule has 1 N–H and O–H groups in total. The number of hydrogen-bond donors (Lipinski definition) is 1. The Morgan fingerprint density at radius 1 is 1.25 bits per heavy atom. The van der Waals surface area contributed by atoms with E-state index in [1.54, 1.807) is 7.11 Å². The fourth-order valence-corrected chi connectivity index (χ4v) is 3.51. The quantitative estimate of drug-likeness (QED) is 0.868. The molecule has 2 aliphatic heterocycles. The smallest absolute Gasteiger partial charge is 0.223 e. The number of carbonyl (C=O) groups is 1. The molecular weight excluding hydrogens is 304 g/mol. The lowest BCUT2D eigenvalue weighted by Gasteiger charge is -2.31. The van der Waals surface area contributed by atoms with Crippen LogP contribution in [0.3, 0.4) is 0 Å². The van der Waals surface area contributed by atoms with Gasteiger partial charge in [-0.2, -0.15) is 0 Å². The predicted molar refractivity (Wildman–Crippen MR) is 93.0 cm³/mol. The number of benzene rings is 1. The Kier molecular flexibility index (Phi) is 6.10. The maximum atomic E-state index is 12.3. The maximum Gasteiger partial charge on any atom is 0.223 e. The summed E-state index contributed by atoms with van der Waals surface area (Å²) < 4.78 is 10.8. The Balaban J connectivity index is 1.38. The van der Waals surface area contributed by atoms with Crippen molar-refractivity contribution in [2.24, 2.45) is 5.92 Å². The molecule has 0 aliphatic carbocycles. The number of nitrogens with one attached hydrogen (secondary N) is 1. The molecule has 3 rings (SSSR count). The van der Waals surface area contributed by atoms with Crippen LogP contribution in [-0.2, 0) is 16.1 Å². The van der Waals surface area contributed by atoms with Crippen molar-refractivity contribution >= 4 is 5.91 Å². The van der Waals surface area contributed by atoms with E-state index in [0.717, 1.165) is 57.7 Å². The summed E-state index contributed by atoms with van der Waals surface area (Å²) in [6.45, 7) is 4.40. The summed E-state index contributed by atoms with van der Waals surface area (Å²) in [5.41, 5.74) is 1.29. The molecule has 1 aromatic carbocycles. The van der Waals surface area contributed by atoms with Gasteiger partial charge < -0.3 is 14.8 Å². The number of likely N-dealkylation sites (tertiary alicyclic amines) is 1. The van der Waals surface area contributed by atoms with E-state index >= 15 is 0 Å². The highest BCUT2D eigenvalue weighted by Crippen LogP contribution is 2.20. The van der Waals surface area contributed by atoms with Crippen LogP contribution in [0.15, 0.2) is 24.3 Å². The van der Waals surface area contributed by atoms with Gasteiger partial charge in [0.1, 0.15) is 5.75 Å². The number of hydrogen-bond acceptors (Lipinski definition) is 4. The second-order valence-electron chi connectivity index (χ2n) is 6.78. The van der Waals surface area contributed by atoms with Crippen LogP contribution >= 0.6 is 0 Å². The van der Waals surface area contributed by atoms with E-state index in [4.69, 9.17) is 9.47 Å². The topological polar surface area (TPSA) is 50.8 Å². The number of ether oxygens (including phenoxy) is 2. The van der Waals surface area contributed by atoms with Crippen LogP contribution in [0.1, 0.15) is 31.2 Å². The lowest BCUT2D eigenvalue weighted by Crippen LogP contribution is -2.42. The maximum absolute atomic E-state index is 12.3. The zero-order valence-corrected chi connectivity index (χ0v) is 14.5. The van der Waals surface area contributed by atoms with Gasteiger partial charge in [0.05, 0.1) is 13.2 Å². The van der Waals surface area contributed by atoms with Crippen molar-refractivity contribution in [1.82, 2.24) is 10.2 Å². The lowest BCUT2D eigenvalue weighted by molar-refractivity contribution is -0.127. The molecule has 0 unspecified atom stereocenters. The molecule has 0 saturated carbocycles. The summed E-state index contributed by atoms with van der Waals surface area (Å²) in [6.07, 6.45) is 4.29. The third kappa shape index (κ3) is 4.71. The molecule has 2 fully saturated rings. The average Bonchev–Trinajstić information content (AvgIpc) is 3.14. The first-order chi connectivity index (χ1) is 11.7. The molecule has 2 aliphatic rings. The van der Waals surface area contributed by atoms with Gasteiger partial charge in [-0.05, 0) is 56.5 Å². The summed E-state index contributed by atoms with van der Waals surface area (Å²) in [4.78, 5) is 14.7. The van der Waals surface area contributed by atoms with Crippen molar-refractivity contribution in [2.75, 3.05) is 33.4 Å². The van der Waals surface area contributed by atoms with E-state index in [9.17, 15) is 4.79 Å². The molecule has 0 radical (unpaired) electrons. The first-order valence-electron chi connectivity index (χ1n) is 8.99. The second-order valence-corrected chi connectivity index (χ2v) is 6.78. The first kappa shape index (κ1) is 17.2. The molecule has 0 spiro atoms. The van der Waals surface area contributed by atoms with Crippen molar-refractivity contribution in [2.45, 2.75) is 38.3 Å². The minimum atomic E-state index is 0.151. The standard InChI is InChI=1S/C19H28N2O3/c1-23-17-6-4-15(5-7-17)14-21-10-8-16(9-11-21)19(22)20-13-18-3-2-12-24-18/h4-7,16,18H,2-3,8-14H2,1H3,(H,20,22)/t18-/m0/s1. The van der Waals surface area contributed by atoms with E-state index in [0.29, 0.717) is 6.54 Å². The number of carbonyl (C=O) groups excluding carboxylic acids is 1. The third-order valence-electron chi connectivity index (χ3n) is 5.05. The highest BCUT2D eigenvalue weighted by atomic mass is 16.5. The van der Waals surface area contributed by atoms with E-state index in [1.807, 2.05) is 12.1 Å². The Bertz CT molecular complexity index is 518. The van der Waals surface area contributed by atoms with Crippen molar-refractivity contribution in [3.05, 3.63) is 29.8 Å². The molecule has 0 bridgehead atoms. The fourth-order valence-electron chi connectivity index (χ4n) is 3.51. The van der Waals surface area contributed by atoms with Gasteiger partial charge in [0.25, 0.3) is 0 Å². The largest absolute Gasteiger partial charge is 0.497 e. The molecular formula is C19H28N2O3. The fraction of sp³-hybridized carbons (Fsp3) is 0.632. The van der Waals surface area contributed by atoms with Crippen LogP contribution in [-0.4, -0.2) is 50.3 Å². The summed E-state index contributed by atoms with van der Waals surface area (Å²) in [5, 5.41) is 3.08. The average molecular weight is 332 g/mol. The summed E-state index contributed by atoms with van der Waals surface area (Å²) >= 11 is 0. The molecule has 2 heterocycles. The molecule has 132 valence electrons. The Morgan fingerprint density at radius 3 is 2.62 bits per heavy atom.